The molecule has 0 aromatic rings. The number of nitrogens with zero attached hydrogens (tertiary/aromatic N) is 1. The summed E-state index contributed by atoms with van der Waals surface area (Å²) in [6, 6.07) is -0.231. The standard InChI is InChI=1S/C8H12N2OS/c1-3-8(10-5-12)7(4-11)6(2)9/h4,8H,3,9H2,1-2H3/t8-/m0/s1. The number of nitrogens with two attached hydrogens (primary N) is 1. The van der Waals surface area contributed by atoms with Crippen LogP contribution < -0.4 is 5.73 Å². The van der Waals surface area contributed by atoms with E-state index in [1.807, 2.05) is 6.92 Å². The van der Waals surface area contributed by atoms with Gasteiger partial charge in [-0.2, -0.15) is 0 Å². The van der Waals surface area contributed by atoms with Gasteiger partial charge in [-0.05, 0) is 25.6 Å². The van der Waals surface area contributed by atoms with Crippen LogP contribution in [0.5, 0.6) is 0 Å². The molecule has 0 unspecified atom stereocenters. The molecule has 0 aromatic heterocycles. The third-order valence-electron chi connectivity index (χ3n) is 1.54. The highest BCUT2D eigenvalue weighted by molar-refractivity contribution is 7.78. The van der Waals surface area contributed by atoms with Crippen LogP contribution in [0.2, 0.25) is 0 Å². The van der Waals surface area contributed by atoms with Crippen LogP contribution in [0.4, 0.5) is 0 Å². The molecule has 0 aliphatic heterocycles. The molecular weight excluding hydrogens is 172 g/mol. The summed E-state index contributed by atoms with van der Waals surface area (Å²) in [6.45, 7) is 3.58. The zero-order chi connectivity index (χ0) is 9.56. The van der Waals surface area contributed by atoms with Crippen LogP contribution in [-0.2, 0) is 4.79 Å². The van der Waals surface area contributed by atoms with E-state index < -0.39 is 0 Å². The Morgan fingerprint density at radius 3 is 2.67 bits per heavy atom. The Morgan fingerprint density at radius 2 is 2.42 bits per heavy atom. The summed E-state index contributed by atoms with van der Waals surface area (Å²) in [5.41, 5.74) is 6.47. The maximum absolute atomic E-state index is 10.6. The van der Waals surface area contributed by atoms with Gasteiger partial charge in [0.2, 0.25) is 0 Å². The molecule has 0 saturated heterocycles. The summed E-state index contributed by atoms with van der Waals surface area (Å²) in [7, 11) is 0. The van der Waals surface area contributed by atoms with Crippen molar-refractivity contribution in [3.8, 4) is 0 Å². The van der Waals surface area contributed by atoms with Crippen molar-refractivity contribution in [1.82, 2.24) is 0 Å². The fourth-order valence-corrected chi connectivity index (χ4v) is 1.01. The number of isothiocyanates is 1. The third kappa shape index (κ3) is 2.95. The van der Waals surface area contributed by atoms with Gasteiger partial charge in [0.05, 0.1) is 11.2 Å². The molecule has 0 spiro atoms. The Balaban J connectivity index is 4.80. The molecule has 1 atom stereocenters. The SMILES string of the molecule is CC[C@H](N=C=S)C(C=O)=C(C)N. The van der Waals surface area contributed by atoms with E-state index in [2.05, 4.69) is 22.4 Å². The smallest absolute Gasteiger partial charge is 0.149 e. The van der Waals surface area contributed by atoms with Crippen molar-refractivity contribution in [3.63, 3.8) is 0 Å². The number of aldehydes is 1. The monoisotopic (exact) mass is 184 g/mol. The van der Waals surface area contributed by atoms with Crippen LogP contribution >= 0.6 is 12.2 Å². The van der Waals surface area contributed by atoms with E-state index in [0.717, 1.165) is 6.29 Å². The second kappa shape index (κ2) is 5.63. The second-order valence-corrected chi connectivity index (χ2v) is 2.58. The van der Waals surface area contributed by atoms with Crippen molar-refractivity contribution in [2.45, 2.75) is 26.3 Å². The van der Waals surface area contributed by atoms with Gasteiger partial charge < -0.3 is 5.73 Å². The van der Waals surface area contributed by atoms with E-state index in [-0.39, 0.29) is 6.04 Å². The number of hydrogen-bond acceptors (Lipinski definition) is 4. The number of aliphatic imine (C=N–C) groups is 1. The lowest BCUT2D eigenvalue weighted by Gasteiger charge is -2.08. The van der Waals surface area contributed by atoms with Crippen LogP contribution in [0.3, 0.4) is 0 Å². The van der Waals surface area contributed by atoms with Crippen molar-refractivity contribution in [3.05, 3.63) is 11.3 Å². The molecule has 0 rings (SSSR count). The summed E-state index contributed by atoms with van der Waals surface area (Å²) >= 11 is 4.45. The lowest BCUT2D eigenvalue weighted by atomic mass is 10.1. The quantitative estimate of drug-likeness (QED) is 0.310. The molecule has 0 saturated carbocycles. The first kappa shape index (κ1) is 11.0. The molecule has 0 amide bonds. The Morgan fingerprint density at radius 1 is 1.83 bits per heavy atom. The number of hydrogen-bond donors (Lipinski definition) is 1. The zero-order valence-corrected chi connectivity index (χ0v) is 8.02. The molecule has 2 N–H and O–H groups in total. The molecule has 0 radical (unpaired) electrons. The van der Waals surface area contributed by atoms with Gasteiger partial charge in [-0.3, -0.25) is 4.79 Å². The molecule has 4 heteroatoms. The van der Waals surface area contributed by atoms with Gasteiger partial charge in [0.15, 0.2) is 0 Å². The van der Waals surface area contributed by atoms with E-state index in [1.165, 1.54) is 0 Å². The van der Waals surface area contributed by atoms with Crippen molar-refractivity contribution in [2.75, 3.05) is 0 Å². The molecule has 0 bridgehead atoms. The fourth-order valence-electron chi connectivity index (χ4n) is 0.879. The minimum Gasteiger partial charge on any atom is -0.402 e. The maximum atomic E-state index is 10.6. The molecule has 0 fully saturated rings. The molecule has 0 heterocycles. The third-order valence-corrected chi connectivity index (χ3v) is 1.64. The molecule has 12 heavy (non-hydrogen) atoms. The Labute approximate surface area is 77.4 Å². The first-order chi connectivity index (χ1) is 5.67. The number of carbonyl (C=O) groups is 1. The van der Waals surface area contributed by atoms with E-state index >= 15 is 0 Å². The minimum absolute atomic E-state index is 0.231. The maximum Gasteiger partial charge on any atom is 0.149 e. The highest BCUT2D eigenvalue weighted by Gasteiger charge is 2.11. The van der Waals surface area contributed by atoms with Gasteiger partial charge in [-0.25, -0.2) is 4.99 Å². The van der Waals surface area contributed by atoms with Crippen molar-refractivity contribution < 1.29 is 4.79 Å². The van der Waals surface area contributed by atoms with Crippen molar-refractivity contribution in [1.29, 1.82) is 0 Å². The number of carbonyl (C=O) groups excluding carboxylic acids is 1. The number of rotatable bonds is 4. The van der Waals surface area contributed by atoms with Crippen LogP contribution in [0.15, 0.2) is 16.3 Å². The summed E-state index contributed by atoms with van der Waals surface area (Å²) < 4.78 is 0. The van der Waals surface area contributed by atoms with Gasteiger partial charge in [-0.15, -0.1) is 0 Å². The normalized spacial score (nSPS) is 14.2. The lowest BCUT2D eigenvalue weighted by molar-refractivity contribution is -0.105. The largest absolute Gasteiger partial charge is 0.402 e. The van der Waals surface area contributed by atoms with Crippen LogP contribution in [-0.4, -0.2) is 17.5 Å². The summed E-state index contributed by atoms with van der Waals surface area (Å²) in [6.07, 6.45) is 1.42. The first-order valence-electron chi connectivity index (χ1n) is 3.65. The molecular formula is C8H12N2OS. The summed E-state index contributed by atoms with van der Waals surface area (Å²) in [5.74, 6) is 0. The Bertz CT molecular complexity index is 237. The van der Waals surface area contributed by atoms with Gasteiger partial charge in [0.25, 0.3) is 0 Å². The van der Waals surface area contributed by atoms with Crippen LogP contribution in [0, 0.1) is 0 Å². The van der Waals surface area contributed by atoms with Gasteiger partial charge >= 0.3 is 0 Å². The van der Waals surface area contributed by atoms with E-state index in [0.29, 0.717) is 17.7 Å². The average molecular weight is 184 g/mol. The highest BCUT2D eigenvalue weighted by Crippen LogP contribution is 2.09. The summed E-state index contributed by atoms with van der Waals surface area (Å²) in [5, 5.41) is 2.25. The first-order valence-corrected chi connectivity index (χ1v) is 4.06. The molecule has 0 aliphatic rings. The Kier molecular flexibility index (Phi) is 5.17. The molecule has 0 aliphatic carbocycles. The molecule has 0 aromatic carbocycles. The van der Waals surface area contributed by atoms with E-state index in [1.54, 1.807) is 6.92 Å². The topological polar surface area (TPSA) is 55.5 Å². The Hall–Kier alpha value is -0.990. The fraction of sp³-hybridized carbons (Fsp3) is 0.500. The van der Waals surface area contributed by atoms with Gasteiger partial charge in [0, 0.05) is 11.3 Å². The minimum atomic E-state index is -0.231. The highest BCUT2D eigenvalue weighted by atomic mass is 32.1. The predicted molar refractivity (Wildman–Crippen MR) is 52.1 cm³/mol. The second-order valence-electron chi connectivity index (χ2n) is 2.40. The summed E-state index contributed by atoms with van der Waals surface area (Å²) in [4.78, 5) is 14.4. The molecule has 3 nitrogen and oxygen atoms in total. The lowest BCUT2D eigenvalue weighted by Crippen LogP contribution is -2.13. The van der Waals surface area contributed by atoms with Crippen molar-refractivity contribution in [2.24, 2.45) is 10.7 Å². The average Bonchev–Trinajstić information content (AvgIpc) is 2.03. The van der Waals surface area contributed by atoms with E-state index in [4.69, 9.17) is 5.73 Å². The number of thiocarbonyl (C=S) groups is 1. The van der Waals surface area contributed by atoms with Crippen molar-refractivity contribution >= 4 is 23.7 Å². The number of allylic oxidation sites excluding steroid dienone is 1. The van der Waals surface area contributed by atoms with Crippen LogP contribution in [0.25, 0.3) is 0 Å². The molecule has 66 valence electrons. The zero-order valence-electron chi connectivity index (χ0n) is 7.20. The van der Waals surface area contributed by atoms with E-state index in [9.17, 15) is 4.79 Å². The predicted octanol–water partition coefficient (Wildman–Crippen LogP) is 1.30. The van der Waals surface area contributed by atoms with Gasteiger partial charge in [-0.1, -0.05) is 6.92 Å². The van der Waals surface area contributed by atoms with Crippen LogP contribution in [0.1, 0.15) is 20.3 Å². The van der Waals surface area contributed by atoms with Gasteiger partial charge in [0.1, 0.15) is 6.29 Å².